The van der Waals surface area contributed by atoms with Crippen LogP contribution in [0.15, 0.2) is 22.6 Å². The zero-order chi connectivity index (χ0) is 25.5. The third-order valence-corrected chi connectivity index (χ3v) is 5.12. The number of carbonyl (C=O) groups excluding carboxylic acids is 1. The monoisotopic (exact) mass is 492 g/mol. The van der Waals surface area contributed by atoms with Crippen molar-refractivity contribution in [1.82, 2.24) is 20.5 Å². The highest BCUT2D eigenvalue weighted by Gasteiger charge is 2.29. The summed E-state index contributed by atoms with van der Waals surface area (Å²) in [5.41, 5.74) is 0.829. The molecule has 0 atom stereocenters. The molecule has 0 aliphatic heterocycles. The van der Waals surface area contributed by atoms with Crippen LogP contribution in [0.25, 0.3) is 22.6 Å². The van der Waals surface area contributed by atoms with Gasteiger partial charge in [0.25, 0.3) is 12.3 Å². The van der Waals surface area contributed by atoms with Gasteiger partial charge in [0, 0.05) is 0 Å². The predicted molar refractivity (Wildman–Crippen MR) is 121 cm³/mol. The van der Waals surface area contributed by atoms with Crippen LogP contribution < -0.4 is 14.8 Å². The third-order valence-electron chi connectivity index (χ3n) is 5.12. The first-order valence-corrected chi connectivity index (χ1v) is 10.8. The van der Waals surface area contributed by atoms with E-state index in [9.17, 15) is 23.8 Å². The number of carbonyl (C=O) groups is 1. The number of methoxy groups -OCH3 is 2. The molecule has 2 aromatic heterocycles. The number of aromatic hydroxyl groups is 2. The topological polar surface area (TPSA) is 140 Å². The Morgan fingerprint density at radius 3 is 2.40 bits per heavy atom. The van der Waals surface area contributed by atoms with E-state index in [1.807, 2.05) is 12.2 Å². The van der Waals surface area contributed by atoms with Gasteiger partial charge in [0.05, 0.1) is 37.6 Å². The number of nitrogens with one attached hydrogen (secondary N) is 1. The molecule has 3 N–H and O–H groups in total. The second-order valence-corrected chi connectivity index (χ2v) is 7.49. The summed E-state index contributed by atoms with van der Waals surface area (Å²) in [6, 6.07) is 5.11. The molecule has 188 valence electrons. The second kappa shape index (κ2) is 11.4. The minimum absolute atomic E-state index is 0.197. The summed E-state index contributed by atoms with van der Waals surface area (Å²) < 4.78 is 41.0. The van der Waals surface area contributed by atoms with Crippen molar-refractivity contribution in [2.45, 2.75) is 39.0 Å². The van der Waals surface area contributed by atoms with Gasteiger partial charge >= 0.3 is 0 Å². The molecular weight excluding hydrogens is 466 g/mol. The predicted octanol–water partition coefficient (Wildman–Crippen LogP) is 3.49. The van der Waals surface area contributed by atoms with E-state index < -0.39 is 36.9 Å². The van der Waals surface area contributed by atoms with Crippen LogP contribution in [0.1, 0.15) is 31.4 Å². The van der Waals surface area contributed by atoms with Gasteiger partial charge in [0.1, 0.15) is 29.2 Å². The van der Waals surface area contributed by atoms with E-state index >= 15 is 0 Å². The standard InChI is InChI=1S/C23H26F2N4O6/c1-4-5-7-12-18(19-13(33-2)8-6-9-14(19)34-3)21(31)20(22(32)27-12)23-29-28-17(35-23)10-16(30)26-11-15(24)25/h6,8-9,15H,4-5,7,10-11H2,1-3H3,(H,26,30)(H2,27,31,32). The first kappa shape index (κ1) is 25.7. The summed E-state index contributed by atoms with van der Waals surface area (Å²) in [6.45, 7) is 1.18. The molecule has 2 heterocycles. The fourth-order valence-electron chi connectivity index (χ4n) is 3.51. The number of hydrogen-bond donors (Lipinski definition) is 3. The van der Waals surface area contributed by atoms with Crippen LogP contribution in [-0.4, -0.2) is 58.5 Å². The van der Waals surface area contributed by atoms with Gasteiger partial charge < -0.3 is 29.4 Å². The fourth-order valence-corrected chi connectivity index (χ4v) is 3.51. The Labute approximate surface area is 199 Å². The van der Waals surface area contributed by atoms with Crippen LogP contribution >= 0.6 is 0 Å². The van der Waals surface area contributed by atoms with Crippen molar-refractivity contribution in [3.05, 3.63) is 29.8 Å². The highest BCUT2D eigenvalue weighted by atomic mass is 19.3. The number of benzene rings is 1. The lowest BCUT2D eigenvalue weighted by molar-refractivity contribution is -0.121. The van der Waals surface area contributed by atoms with Crippen LogP contribution in [0.4, 0.5) is 8.78 Å². The minimum Gasteiger partial charge on any atom is -0.506 e. The molecule has 1 aromatic carbocycles. The second-order valence-electron chi connectivity index (χ2n) is 7.49. The third kappa shape index (κ3) is 5.76. The van der Waals surface area contributed by atoms with Crippen molar-refractivity contribution in [2.24, 2.45) is 0 Å². The van der Waals surface area contributed by atoms with E-state index in [1.54, 1.807) is 18.2 Å². The van der Waals surface area contributed by atoms with Crippen molar-refractivity contribution >= 4 is 5.91 Å². The Morgan fingerprint density at radius 1 is 1.11 bits per heavy atom. The molecule has 0 fully saturated rings. The van der Waals surface area contributed by atoms with Gasteiger partial charge in [0.2, 0.25) is 17.7 Å². The summed E-state index contributed by atoms with van der Waals surface area (Å²) in [6.07, 6.45) is -1.15. The average Bonchev–Trinajstić information content (AvgIpc) is 3.28. The molecule has 35 heavy (non-hydrogen) atoms. The summed E-state index contributed by atoms with van der Waals surface area (Å²) in [7, 11) is 2.94. The lowest BCUT2D eigenvalue weighted by Crippen LogP contribution is -2.29. The van der Waals surface area contributed by atoms with Crippen LogP contribution in [0, 0.1) is 0 Å². The Bertz CT molecular complexity index is 1160. The Balaban J connectivity index is 2.11. The van der Waals surface area contributed by atoms with E-state index in [-0.39, 0.29) is 22.9 Å². The summed E-state index contributed by atoms with van der Waals surface area (Å²) in [5.74, 6) is -1.40. The molecule has 10 nitrogen and oxygen atoms in total. The largest absolute Gasteiger partial charge is 0.506 e. The molecule has 0 unspecified atom stereocenters. The van der Waals surface area contributed by atoms with E-state index in [0.29, 0.717) is 29.2 Å². The zero-order valence-electron chi connectivity index (χ0n) is 19.5. The van der Waals surface area contributed by atoms with Crippen molar-refractivity contribution in [3.63, 3.8) is 0 Å². The smallest absolute Gasteiger partial charge is 0.257 e. The van der Waals surface area contributed by atoms with Crippen molar-refractivity contribution in [1.29, 1.82) is 0 Å². The van der Waals surface area contributed by atoms with Gasteiger partial charge in [-0.2, -0.15) is 0 Å². The molecule has 0 saturated carbocycles. The van der Waals surface area contributed by atoms with Gasteiger partial charge in [-0.1, -0.05) is 19.4 Å². The number of unbranched alkanes of at least 4 members (excludes halogenated alkanes) is 1. The number of aromatic nitrogens is 3. The number of alkyl halides is 2. The number of aryl methyl sites for hydroxylation is 1. The maximum absolute atomic E-state index is 12.3. The molecular formula is C23H26F2N4O6. The van der Waals surface area contributed by atoms with Crippen LogP contribution in [0.5, 0.6) is 23.1 Å². The lowest BCUT2D eigenvalue weighted by Gasteiger charge is -2.18. The molecule has 3 rings (SSSR count). The maximum Gasteiger partial charge on any atom is 0.257 e. The number of rotatable bonds is 11. The summed E-state index contributed by atoms with van der Waals surface area (Å²) in [4.78, 5) is 16.1. The van der Waals surface area contributed by atoms with E-state index in [0.717, 1.165) is 12.8 Å². The number of pyridine rings is 1. The number of nitrogens with zero attached hydrogens (tertiary/aromatic N) is 3. The number of hydrogen-bond acceptors (Lipinski definition) is 9. The first-order valence-electron chi connectivity index (χ1n) is 10.8. The van der Waals surface area contributed by atoms with E-state index in [2.05, 4.69) is 15.2 Å². The quantitative estimate of drug-likeness (QED) is 0.367. The Morgan fingerprint density at radius 2 is 1.80 bits per heavy atom. The number of ether oxygens (including phenoxy) is 2. The maximum atomic E-state index is 12.3. The van der Waals surface area contributed by atoms with Crippen molar-refractivity contribution in [2.75, 3.05) is 20.8 Å². The Hall–Kier alpha value is -3.96. The van der Waals surface area contributed by atoms with Gasteiger partial charge in [-0.3, -0.25) is 4.79 Å². The fraction of sp³-hybridized carbons (Fsp3) is 0.391. The zero-order valence-corrected chi connectivity index (χ0v) is 19.5. The first-order chi connectivity index (χ1) is 16.8. The van der Waals surface area contributed by atoms with Crippen molar-refractivity contribution < 1.29 is 37.7 Å². The molecule has 0 aliphatic carbocycles. The molecule has 3 aromatic rings. The number of amides is 1. The van der Waals surface area contributed by atoms with Gasteiger partial charge in [0.15, 0.2) is 0 Å². The molecule has 1 amide bonds. The highest BCUT2D eigenvalue weighted by Crippen LogP contribution is 2.49. The van der Waals surface area contributed by atoms with Crippen LogP contribution in [0.3, 0.4) is 0 Å². The van der Waals surface area contributed by atoms with Gasteiger partial charge in [-0.05, 0) is 25.0 Å². The average molecular weight is 492 g/mol. The molecule has 0 saturated heterocycles. The Kier molecular flexibility index (Phi) is 8.39. The minimum atomic E-state index is -2.70. The SMILES string of the molecule is CCCCc1nc(O)c(-c2nnc(CC(=O)NCC(F)F)o2)c(O)c1-c1c(OC)cccc1OC. The normalized spacial score (nSPS) is 11.0. The molecule has 0 bridgehead atoms. The molecule has 0 radical (unpaired) electrons. The van der Waals surface area contributed by atoms with Crippen LogP contribution in [0.2, 0.25) is 0 Å². The molecule has 12 heteroatoms. The lowest BCUT2D eigenvalue weighted by atomic mass is 9.95. The summed E-state index contributed by atoms with van der Waals surface area (Å²) in [5, 5.41) is 31.5. The van der Waals surface area contributed by atoms with Crippen molar-refractivity contribution in [3.8, 4) is 45.7 Å². The van der Waals surface area contributed by atoms with Gasteiger partial charge in [-0.15, -0.1) is 10.2 Å². The molecule has 0 aliphatic rings. The molecule has 0 spiro atoms. The highest BCUT2D eigenvalue weighted by molar-refractivity contribution is 5.88. The summed E-state index contributed by atoms with van der Waals surface area (Å²) >= 11 is 0. The van der Waals surface area contributed by atoms with Gasteiger partial charge in [-0.25, -0.2) is 13.8 Å². The number of halogens is 2. The van der Waals surface area contributed by atoms with E-state index in [4.69, 9.17) is 13.9 Å². The van der Waals surface area contributed by atoms with E-state index in [1.165, 1.54) is 14.2 Å². The van der Waals surface area contributed by atoms with Crippen LogP contribution in [-0.2, 0) is 17.6 Å².